The number of amides is 3. The number of benzene rings is 1. The van der Waals surface area contributed by atoms with Crippen molar-refractivity contribution in [2.75, 3.05) is 10.6 Å². The van der Waals surface area contributed by atoms with E-state index in [0.29, 0.717) is 15.6 Å². The smallest absolute Gasteiger partial charge is 0.273 e. The standard InChI is InChI=1S/C28H32ClN5O3S2/c29-17-12-14-20(15-13-17)34(24(21-11-6-16-38-21)27(36)32-19-9-4-5-10-19)28(37)25-22(30)23(33-39-25)26(35)31-18-7-2-1-3-8-18/h6,11-16,18-19,24H,1-5,7-10,30H2,(H,31,35)(H,32,36)/t24-/m0/s1. The van der Waals surface area contributed by atoms with Crippen molar-refractivity contribution in [3.05, 3.63) is 62.2 Å². The first-order chi connectivity index (χ1) is 18.9. The number of aromatic nitrogens is 1. The Balaban J connectivity index is 1.49. The molecule has 0 unspecified atom stereocenters. The molecule has 2 saturated carbocycles. The van der Waals surface area contributed by atoms with E-state index in [1.165, 1.54) is 22.7 Å². The van der Waals surface area contributed by atoms with Gasteiger partial charge in [0.1, 0.15) is 4.88 Å². The van der Waals surface area contributed by atoms with Gasteiger partial charge in [-0.1, -0.05) is 49.8 Å². The lowest BCUT2D eigenvalue weighted by molar-refractivity contribution is -0.123. The SMILES string of the molecule is Nc1c(C(=O)NC2CCCCC2)nsc1C(=O)N(c1ccc(Cl)cc1)[C@H](C(=O)NC1CCCC1)c1cccs1. The fraction of sp³-hybridized carbons (Fsp3) is 0.429. The largest absolute Gasteiger partial charge is 0.395 e. The Hall–Kier alpha value is -2.95. The third-order valence-electron chi connectivity index (χ3n) is 7.42. The number of anilines is 2. The lowest BCUT2D eigenvalue weighted by Crippen LogP contribution is -2.46. The maximum atomic E-state index is 14.2. The van der Waals surface area contributed by atoms with Crippen LogP contribution in [0.15, 0.2) is 41.8 Å². The van der Waals surface area contributed by atoms with Gasteiger partial charge in [-0.2, -0.15) is 4.37 Å². The summed E-state index contributed by atoms with van der Waals surface area (Å²) >= 11 is 8.44. The summed E-state index contributed by atoms with van der Waals surface area (Å²) < 4.78 is 4.28. The van der Waals surface area contributed by atoms with E-state index in [4.69, 9.17) is 17.3 Å². The van der Waals surface area contributed by atoms with Crippen LogP contribution in [0, 0.1) is 0 Å². The zero-order valence-corrected chi connectivity index (χ0v) is 23.9. The molecule has 8 nitrogen and oxygen atoms in total. The monoisotopic (exact) mass is 585 g/mol. The van der Waals surface area contributed by atoms with Gasteiger partial charge in [0.25, 0.3) is 11.8 Å². The van der Waals surface area contributed by atoms with E-state index in [2.05, 4.69) is 15.0 Å². The molecule has 39 heavy (non-hydrogen) atoms. The predicted molar refractivity (Wildman–Crippen MR) is 157 cm³/mol. The molecule has 3 aromatic rings. The van der Waals surface area contributed by atoms with Gasteiger partial charge in [-0.25, -0.2) is 0 Å². The Morgan fingerprint density at radius 3 is 2.23 bits per heavy atom. The van der Waals surface area contributed by atoms with Crippen molar-refractivity contribution in [1.29, 1.82) is 0 Å². The molecule has 5 rings (SSSR count). The molecular weight excluding hydrogens is 554 g/mol. The van der Waals surface area contributed by atoms with Crippen molar-refractivity contribution in [3.63, 3.8) is 0 Å². The molecule has 1 atom stereocenters. The average Bonchev–Trinajstić information content (AvgIpc) is 3.71. The molecule has 0 spiro atoms. The van der Waals surface area contributed by atoms with Gasteiger partial charge in [-0.05, 0) is 72.9 Å². The van der Waals surface area contributed by atoms with Crippen LogP contribution in [0.4, 0.5) is 11.4 Å². The van der Waals surface area contributed by atoms with Crippen LogP contribution >= 0.6 is 34.5 Å². The molecule has 206 valence electrons. The highest BCUT2D eigenvalue weighted by Crippen LogP contribution is 2.36. The highest BCUT2D eigenvalue weighted by atomic mass is 35.5. The number of rotatable bonds is 8. The predicted octanol–water partition coefficient (Wildman–Crippen LogP) is 5.95. The van der Waals surface area contributed by atoms with Crippen LogP contribution in [-0.2, 0) is 4.79 Å². The van der Waals surface area contributed by atoms with Gasteiger partial charge in [0.2, 0.25) is 5.91 Å². The van der Waals surface area contributed by atoms with Crippen LogP contribution in [0.3, 0.4) is 0 Å². The highest BCUT2D eigenvalue weighted by molar-refractivity contribution is 7.10. The Kier molecular flexibility index (Phi) is 8.84. The number of nitrogens with one attached hydrogen (secondary N) is 2. The molecule has 3 amide bonds. The second-order valence-electron chi connectivity index (χ2n) is 10.1. The first-order valence-electron chi connectivity index (χ1n) is 13.4. The van der Waals surface area contributed by atoms with Gasteiger partial charge in [-0.3, -0.25) is 19.3 Å². The topological polar surface area (TPSA) is 117 Å². The van der Waals surface area contributed by atoms with E-state index in [1.54, 1.807) is 24.3 Å². The van der Waals surface area contributed by atoms with Crippen molar-refractivity contribution in [1.82, 2.24) is 15.0 Å². The number of halogens is 1. The Bertz CT molecular complexity index is 1300. The fourth-order valence-electron chi connectivity index (χ4n) is 5.38. The van der Waals surface area contributed by atoms with Gasteiger partial charge < -0.3 is 16.4 Å². The molecule has 2 aromatic heterocycles. The summed E-state index contributed by atoms with van der Waals surface area (Å²) in [5, 5.41) is 8.57. The quantitative estimate of drug-likeness (QED) is 0.302. The van der Waals surface area contributed by atoms with Gasteiger partial charge in [0.05, 0.1) is 5.69 Å². The Labute approximate surface area is 241 Å². The van der Waals surface area contributed by atoms with Crippen molar-refractivity contribution in [2.24, 2.45) is 0 Å². The number of nitrogens with two attached hydrogens (primary N) is 1. The minimum Gasteiger partial charge on any atom is -0.395 e. The second kappa shape index (κ2) is 12.5. The number of hydrogen-bond donors (Lipinski definition) is 3. The van der Waals surface area contributed by atoms with Crippen molar-refractivity contribution < 1.29 is 14.4 Å². The minimum atomic E-state index is -0.930. The van der Waals surface area contributed by atoms with Crippen molar-refractivity contribution in [3.8, 4) is 0 Å². The lowest BCUT2D eigenvalue weighted by Gasteiger charge is -2.31. The number of carbonyl (C=O) groups excluding carboxylic acids is 3. The maximum absolute atomic E-state index is 14.2. The Morgan fingerprint density at radius 2 is 1.59 bits per heavy atom. The third-order valence-corrected chi connectivity index (χ3v) is 9.45. The molecule has 0 aliphatic heterocycles. The van der Waals surface area contributed by atoms with Gasteiger partial charge in [0.15, 0.2) is 11.7 Å². The van der Waals surface area contributed by atoms with E-state index in [1.807, 2.05) is 17.5 Å². The van der Waals surface area contributed by atoms with Crippen LogP contribution in [0.5, 0.6) is 0 Å². The summed E-state index contributed by atoms with van der Waals surface area (Å²) in [6, 6.07) is 9.70. The van der Waals surface area contributed by atoms with Crippen molar-refractivity contribution in [2.45, 2.75) is 75.9 Å². The second-order valence-corrected chi connectivity index (χ2v) is 12.3. The van der Waals surface area contributed by atoms with Gasteiger partial charge in [-0.15, -0.1) is 11.3 Å². The molecule has 2 aliphatic rings. The molecule has 2 heterocycles. The third kappa shape index (κ3) is 6.28. The number of nitrogens with zero attached hydrogens (tertiary/aromatic N) is 2. The fourth-order valence-corrected chi connectivity index (χ4v) is 7.06. The summed E-state index contributed by atoms with van der Waals surface area (Å²) in [4.78, 5) is 43.3. The highest BCUT2D eigenvalue weighted by Gasteiger charge is 2.37. The van der Waals surface area contributed by atoms with E-state index in [9.17, 15) is 14.4 Å². The minimum absolute atomic E-state index is 0.0263. The van der Waals surface area contributed by atoms with Crippen LogP contribution in [-0.4, -0.2) is 34.2 Å². The molecule has 2 aliphatic carbocycles. The first kappa shape index (κ1) is 27.6. The van der Waals surface area contributed by atoms with Gasteiger partial charge >= 0.3 is 0 Å². The average molecular weight is 586 g/mol. The molecule has 4 N–H and O–H groups in total. The molecule has 0 radical (unpaired) electrons. The summed E-state index contributed by atoms with van der Waals surface area (Å²) in [6.45, 7) is 0. The molecule has 11 heteroatoms. The first-order valence-corrected chi connectivity index (χ1v) is 15.4. The summed E-state index contributed by atoms with van der Waals surface area (Å²) in [5.41, 5.74) is 6.96. The van der Waals surface area contributed by atoms with E-state index >= 15 is 0 Å². The van der Waals surface area contributed by atoms with Crippen LogP contribution in [0.2, 0.25) is 5.02 Å². The molecule has 2 fully saturated rings. The zero-order valence-electron chi connectivity index (χ0n) is 21.5. The van der Waals surface area contributed by atoms with Crippen LogP contribution in [0.25, 0.3) is 0 Å². The number of thiophene rings is 1. The molecule has 0 bridgehead atoms. The number of nitrogen functional groups attached to an aromatic ring is 1. The van der Waals surface area contributed by atoms with Crippen LogP contribution in [0.1, 0.15) is 88.9 Å². The number of carbonyl (C=O) groups is 3. The molecular formula is C28H32ClN5O3S2. The summed E-state index contributed by atoms with van der Waals surface area (Å²) in [7, 11) is 0. The summed E-state index contributed by atoms with van der Waals surface area (Å²) in [6.07, 6.45) is 9.13. The zero-order chi connectivity index (χ0) is 27.4. The normalized spacial score (nSPS) is 17.1. The van der Waals surface area contributed by atoms with E-state index in [-0.39, 0.29) is 40.2 Å². The van der Waals surface area contributed by atoms with E-state index in [0.717, 1.165) is 62.9 Å². The van der Waals surface area contributed by atoms with Crippen LogP contribution < -0.4 is 21.3 Å². The van der Waals surface area contributed by atoms with Crippen molar-refractivity contribution >= 4 is 63.6 Å². The maximum Gasteiger partial charge on any atom is 0.273 e. The lowest BCUT2D eigenvalue weighted by atomic mass is 9.95. The molecule has 1 aromatic carbocycles. The number of hydrogen-bond acceptors (Lipinski definition) is 7. The summed E-state index contributed by atoms with van der Waals surface area (Å²) in [5.74, 6) is -1.13. The Morgan fingerprint density at radius 1 is 0.949 bits per heavy atom. The van der Waals surface area contributed by atoms with Gasteiger partial charge in [0, 0.05) is 27.7 Å². The molecule has 0 saturated heterocycles. The van der Waals surface area contributed by atoms with E-state index < -0.39 is 11.9 Å².